The molecule has 0 bridgehead atoms. The Hall–Kier alpha value is -1.63. The Bertz CT molecular complexity index is 315. The molecule has 0 aliphatic heterocycles. The molecule has 0 aliphatic carbocycles. The number of imide groups is 1. The molecule has 17 heavy (non-hydrogen) atoms. The van der Waals surface area contributed by atoms with Crippen LogP contribution in [0.2, 0.25) is 0 Å². The normalized spacial score (nSPS) is 11.1. The Labute approximate surface area is 100 Å². The van der Waals surface area contributed by atoms with E-state index in [1.54, 1.807) is 6.92 Å². The van der Waals surface area contributed by atoms with Crippen LogP contribution in [-0.2, 0) is 9.59 Å². The van der Waals surface area contributed by atoms with E-state index in [4.69, 9.17) is 5.11 Å². The van der Waals surface area contributed by atoms with Crippen molar-refractivity contribution in [2.75, 3.05) is 20.1 Å². The van der Waals surface area contributed by atoms with Gasteiger partial charge in [-0.05, 0) is 27.8 Å². The minimum Gasteiger partial charge on any atom is -0.480 e. The quantitative estimate of drug-likeness (QED) is 0.613. The van der Waals surface area contributed by atoms with Gasteiger partial charge in [-0.1, -0.05) is 0 Å². The number of carbonyl (C=O) groups is 3. The molecule has 0 rings (SSSR count). The van der Waals surface area contributed by atoms with Crippen molar-refractivity contribution in [3.63, 3.8) is 0 Å². The van der Waals surface area contributed by atoms with Crippen molar-refractivity contribution < 1.29 is 19.5 Å². The summed E-state index contributed by atoms with van der Waals surface area (Å²) in [7, 11) is 1.51. The molecule has 0 aromatic carbocycles. The topological polar surface area (TPSA) is 98.7 Å². The summed E-state index contributed by atoms with van der Waals surface area (Å²) < 4.78 is 0. The van der Waals surface area contributed by atoms with E-state index >= 15 is 0 Å². The number of likely N-dealkylation sites (N-methyl/N-ethyl adjacent to an activating group) is 1. The predicted octanol–water partition coefficient (Wildman–Crippen LogP) is -0.373. The average Bonchev–Trinajstić information content (AvgIpc) is 2.16. The molecule has 0 saturated heterocycles. The SMILES string of the molecule is CCNC(=O)NC(=O)CN(C)C(C)(C)C(=O)O. The standard InChI is InChI=1S/C10H19N3O4/c1-5-11-9(17)12-7(14)6-13(4)10(2,3)8(15)16/h5-6H2,1-4H3,(H,15,16)(H2,11,12,14,17). The van der Waals surface area contributed by atoms with Crippen LogP contribution in [0.4, 0.5) is 4.79 Å². The first-order valence-electron chi connectivity index (χ1n) is 5.24. The lowest BCUT2D eigenvalue weighted by atomic mass is 10.0. The van der Waals surface area contributed by atoms with Crippen molar-refractivity contribution in [2.45, 2.75) is 26.3 Å². The number of amides is 3. The maximum Gasteiger partial charge on any atom is 0.323 e. The molecule has 0 radical (unpaired) electrons. The second kappa shape index (κ2) is 6.19. The van der Waals surface area contributed by atoms with E-state index in [0.717, 1.165) is 0 Å². The van der Waals surface area contributed by atoms with Crippen LogP contribution in [0.15, 0.2) is 0 Å². The molecule has 0 heterocycles. The zero-order valence-electron chi connectivity index (χ0n) is 10.5. The van der Waals surface area contributed by atoms with Crippen LogP contribution in [-0.4, -0.2) is 53.6 Å². The Morgan fingerprint density at radius 1 is 1.29 bits per heavy atom. The summed E-state index contributed by atoms with van der Waals surface area (Å²) in [5, 5.41) is 13.4. The van der Waals surface area contributed by atoms with Gasteiger partial charge < -0.3 is 10.4 Å². The zero-order chi connectivity index (χ0) is 13.6. The first-order valence-corrected chi connectivity index (χ1v) is 5.24. The highest BCUT2D eigenvalue weighted by Crippen LogP contribution is 2.11. The van der Waals surface area contributed by atoms with Crippen molar-refractivity contribution in [1.82, 2.24) is 15.5 Å². The molecular formula is C10H19N3O4. The van der Waals surface area contributed by atoms with Gasteiger partial charge in [0.2, 0.25) is 5.91 Å². The number of carboxylic acid groups (broad SMARTS) is 1. The fourth-order valence-corrected chi connectivity index (χ4v) is 0.947. The van der Waals surface area contributed by atoms with Crippen LogP contribution in [0.25, 0.3) is 0 Å². The number of carboxylic acids is 1. The molecule has 0 aromatic rings. The molecule has 7 heteroatoms. The van der Waals surface area contributed by atoms with E-state index in [1.807, 2.05) is 0 Å². The molecule has 3 N–H and O–H groups in total. The summed E-state index contributed by atoms with van der Waals surface area (Å²) in [5.74, 6) is -1.58. The van der Waals surface area contributed by atoms with Crippen LogP contribution in [0.3, 0.4) is 0 Å². The van der Waals surface area contributed by atoms with Crippen LogP contribution in [0.1, 0.15) is 20.8 Å². The second-order valence-electron chi connectivity index (χ2n) is 4.13. The lowest BCUT2D eigenvalue weighted by molar-refractivity contribution is -0.149. The lowest BCUT2D eigenvalue weighted by Gasteiger charge is -2.30. The Kier molecular flexibility index (Phi) is 5.60. The minimum absolute atomic E-state index is 0.170. The maximum atomic E-state index is 11.4. The average molecular weight is 245 g/mol. The lowest BCUT2D eigenvalue weighted by Crippen LogP contribution is -2.52. The number of aliphatic carboxylic acids is 1. The van der Waals surface area contributed by atoms with Gasteiger partial charge in [0.25, 0.3) is 0 Å². The van der Waals surface area contributed by atoms with Gasteiger partial charge in [0.1, 0.15) is 5.54 Å². The first-order chi connectivity index (χ1) is 7.71. The van der Waals surface area contributed by atoms with Crippen LogP contribution in [0, 0.1) is 0 Å². The molecule has 0 spiro atoms. The van der Waals surface area contributed by atoms with Crippen molar-refractivity contribution >= 4 is 17.9 Å². The molecule has 0 fully saturated rings. The molecular weight excluding hydrogens is 226 g/mol. The van der Waals surface area contributed by atoms with Crippen molar-refractivity contribution in [3.8, 4) is 0 Å². The summed E-state index contributed by atoms with van der Waals surface area (Å²) in [5.41, 5.74) is -1.17. The third-order valence-electron chi connectivity index (χ3n) is 2.45. The van der Waals surface area contributed by atoms with E-state index in [0.29, 0.717) is 6.54 Å². The predicted molar refractivity (Wildman–Crippen MR) is 61.6 cm³/mol. The van der Waals surface area contributed by atoms with Crippen LogP contribution < -0.4 is 10.6 Å². The van der Waals surface area contributed by atoms with Gasteiger partial charge >= 0.3 is 12.0 Å². The smallest absolute Gasteiger partial charge is 0.323 e. The Balaban J connectivity index is 4.30. The van der Waals surface area contributed by atoms with E-state index in [9.17, 15) is 14.4 Å². The number of nitrogens with one attached hydrogen (secondary N) is 2. The van der Waals surface area contributed by atoms with Crippen molar-refractivity contribution in [2.24, 2.45) is 0 Å². The molecule has 0 saturated carbocycles. The second-order valence-corrected chi connectivity index (χ2v) is 4.13. The molecule has 3 amide bonds. The molecule has 0 aliphatic rings. The number of nitrogens with zero attached hydrogens (tertiary/aromatic N) is 1. The summed E-state index contributed by atoms with van der Waals surface area (Å²) >= 11 is 0. The third kappa shape index (κ3) is 4.81. The Morgan fingerprint density at radius 2 is 1.82 bits per heavy atom. The van der Waals surface area contributed by atoms with Gasteiger partial charge in [0.05, 0.1) is 6.54 Å². The Morgan fingerprint density at radius 3 is 2.24 bits per heavy atom. The highest BCUT2D eigenvalue weighted by Gasteiger charge is 2.33. The van der Waals surface area contributed by atoms with E-state index in [-0.39, 0.29) is 6.54 Å². The number of urea groups is 1. The summed E-state index contributed by atoms with van der Waals surface area (Å²) in [4.78, 5) is 34.7. The van der Waals surface area contributed by atoms with Gasteiger partial charge in [-0.3, -0.25) is 19.8 Å². The molecule has 98 valence electrons. The van der Waals surface area contributed by atoms with E-state index in [1.165, 1.54) is 25.8 Å². The zero-order valence-corrected chi connectivity index (χ0v) is 10.5. The largest absolute Gasteiger partial charge is 0.480 e. The van der Waals surface area contributed by atoms with Gasteiger partial charge in [0, 0.05) is 6.54 Å². The fourth-order valence-electron chi connectivity index (χ4n) is 0.947. The summed E-state index contributed by atoms with van der Waals surface area (Å²) in [6.45, 7) is 4.93. The highest BCUT2D eigenvalue weighted by molar-refractivity contribution is 5.95. The van der Waals surface area contributed by atoms with Crippen LogP contribution in [0.5, 0.6) is 0 Å². The number of hydrogen-bond donors (Lipinski definition) is 3. The van der Waals surface area contributed by atoms with E-state index < -0.39 is 23.4 Å². The highest BCUT2D eigenvalue weighted by atomic mass is 16.4. The number of carbonyl (C=O) groups excluding carboxylic acids is 2. The maximum absolute atomic E-state index is 11.4. The molecule has 7 nitrogen and oxygen atoms in total. The minimum atomic E-state index is -1.17. The fraction of sp³-hybridized carbons (Fsp3) is 0.700. The van der Waals surface area contributed by atoms with Gasteiger partial charge in [0.15, 0.2) is 0 Å². The van der Waals surface area contributed by atoms with Gasteiger partial charge in [-0.2, -0.15) is 0 Å². The van der Waals surface area contributed by atoms with Crippen molar-refractivity contribution in [3.05, 3.63) is 0 Å². The number of hydrogen-bond acceptors (Lipinski definition) is 4. The molecule has 0 unspecified atom stereocenters. The summed E-state index contributed by atoms with van der Waals surface area (Å²) in [6.07, 6.45) is 0. The van der Waals surface area contributed by atoms with Gasteiger partial charge in [-0.15, -0.1) is 0 Å². The molecule has 0 atom stereocenters. The van der Waals surface area contributed by atoms with Crippen LogP contribution >= 0.6 is 0 Å². The molecule has 0 aromatic heterocycles. The summed E-state index contributed by atoms with van der Waals surface area (Å²) in [6, 6.07) is -0.584. The third-order valence-corrected chi connectivity index (χ3v) is 2.45. The number of rotatable bonds is 5. The first kappa shape index (κ1) is 15.4. The van der Waals surface area contributed by atoms with Crippen molar-refractivity contribution in [1.29, 1.82) is 0 Å². The monoisotopic (exact) mass is 245 g/mol. The van der Waals surface area contributed by atoms with E-state index in [2.05, 4.69) is 10.6 Å². The van der Waals surface area contributed by atoms with Gasteiger partial charge in [-0.25, -0.2) is 4.79 Å².